The minimum atomic E-state index is -0.987. The fourth-order valence-electron chi connectivity index (χ4n) is 1.68. The second kappa shape index (κ2) is 4.61. The van der Waals surface area contributed by atoms with E-state index in [2.05, 4.69) is 10.6 Å². The Morgan fingerprint density at radius 3 is 2.40 bits per heavy atom. The number of hydrogen-bond donors (Lipinski definition) is 3. The third kappa shape index (κ3) is 2.47. The topological polar surface area (TPSA) is 78.4 Å². The molecular formula is C10H18N2O3. The van der Waals surface area contributed by atoms with Crippen LogP contribution < -0.4 is 10.6 Å². The summed E-state index contributed by atoms with van der Waals surface area (Å²) in [6.07, 6.45) is 1.95. The van der Waals surface area contributed by atoms with E-state index < -0.39 is 11.5 Å². The first kappa shape index (κ1) is 12.0. The largest absolute Gasteiger partial charge is 0.480 e. The summed E-state index contributed by atoms with van der Waals surface area (Å²) in [6.45, 7) is 2.33. The third-order valence-corrected chi connectivity index (χ3v) is 2.94. The zero-order valence-corrected chi connectivity index (χ0v) is 9.17. The van der Waals surface area contributed by atoms with E-state index in [1.807, 2.05) is 0 Å². The number of nitrogens with one attached hydrogen (secondary N) is 2. The van der Waals surface area contributed by atoms with Crippen molar-refractivity contribution >= 4 is 11.9 Å². The van der Waals surface area contributed by atoms with Crippen LogP contribution in [0.25, 0.3) is 0 Å². The number of amides is 1. The van der Waals surface area contributed by atoms with E-state index in [0.717, 1.165) is 6.42 Å². The van der Waals surface area contributed by atoms with Gasteiger partial charge in [-0.05, 0) is 26.3 Å². The highest BCUT2D eigenvalue weighted by atomic mass is 16.4. The molecule has 1 rings (SSSR count). The number of hydrogen-bond acceptors (Lipinski definition) is 3. The summed E-state index contributed by atoms with van der Waals surface area (Å²) in [5, 5.41) is 14.5. The Hall–Kier alpha value is -1.10. The minimum absolute atomic E-state index is 0.188. The monoisotopic (exact) mass is 214 g/mol. The summed E-state index contributed by atoms with van der Waals surface area (Å²) in [5.74, 6) is -1.31. The molecule has 1 unspecified atom stereocenters. The number of carboxylic acids is 1. The van der Waals surface area contributed by atoms with Gasteiger partial charge in [0.05, 0.1) is 0 Å². The molecule has 0 radical (unpaired) electrons. The zero-order valence-electron chi connectivity index (χ0n) is 9.17. The summed E-state index contributed by atoms with van der Waals surface area (Å²) >= 11 is 0. The number of aliphatic carboxylic acids is 1. The molecule has 1 aliphatic carbocycles. The summed E-state index contributed by atoms with van der Waals surface area (Å²) in [5.41, 5.74) is -0.987. The van der Waals surface area contributed by atoms with Crippen molar-refractivity contribution in [3.8, 4) is 0 Å². The fraction of sp³-hybridized carbons (Fsp3) is 0.800. The third-order valence-electron chi connectivity index (χ3n) is 2.94. The Bertz CT molecular complexity index is 261. The van der Waals surface area contributed by atoms with E-state index in [1.165, 1.54) is 0 Å². The molecule has 1 aliphatic rings. The lowest BCUT2D eigenvalue weighted by atomic mass is 9.76. The predicted molar refractivity (Wildman–Crippen MR) is 55.5 cm³/mol. The van der Waals surface area contributed by atoms with Crippen molar-refractivity contribution in [2.45, 2.75) is 31.7 Å². The van der Waals surface area contributed by atoms with Gasteiger partial charge in [-0.2, -0.15) is 0 Å². The fourth-order valence-corrected chi connectivity index (χ4v) is 1.68. The lowest BCUT2D eigenvalue weighted by Crippen LogP contribution is -2.60. The van der Waals surface area contributed by atoms with Crippen molar-refractivity contribution < 1.29 is 14.7 Å². The van der Waals surface area contributed by atoms with Gasteiger partial charge in [-0.15, -0.1) is 0 Å². The molecule has 0 aromatic heterocycles. The summed E-state index contributed by atoms with van der Waals surface area (Å²) in [7, 11) is 1.76. The van der Waals surface area contributed by atoms with Gasteiger partial charge in [0, 0.05) is 12.5 Å². The normalized spacial score (nSPS) is 20.1. The van der Waals surface area contributed by atoms with Crippen LogP contribution in [0.5, 0.6) is 0 Å². The van der Waals surface area contributed by atoms with E-state index in [0.29, 0.717) is 19.4 Å². The smallest absolute Gasteiger partial charge is 0.329 e. The molecule has 0 saturated heterocycles. The molecule has 0 heterocycles. The van der Waals surface area contributed by atoms with Gasteiger partial charge in [-0.3, -0.25) is 4.79 Å². The van der Waals surface area contributed by atoms with Crippen LogP contribution in [0.2, 0.25) is 0 Å². The number of rotatable bonds is 5. The molecule has 1 atom stereocenters. The number of carboxylic acid groups (broad SMARTS) is 1. The van der Waals surface area contributed by atoms with E-state index in [4.69, 9.17) is 5.11 Å². The van der Waals surface area contributed by atoms with Gasteiger partial charge in [-0.25, -0.2) is 4.79 Å². The Morgan fingerprint density at radius 1 is 1.47 bits per heavy atom. The first-order valence-corrected chi connectivity index (χ1v) is 5.22. The zero-order chi connectivity index (χ0) is 11.5. The first-order valence-electron chi connectivity index (χ1n) is 5.22. The highest BCUT2D eigenvalue weighted by molar-refractivity contribution is 5.88. The maximum Gasteiger partial charge on any atom is 0.329 e. The molecular weight excluding hydrogens is 196 g/mol. The maximum atomic E-state index is 11.6. The molecule has 0 aliphatic heterocycles. The van der Waals surface area contributed by atoms with Crippen LogP contribution in [0.3, 0.4) is 0 Å². The molecule has 3 N–H and O–H groups in total. The Balaban J connectivity index is 2.52. The number of carbonyl (C=O) groups excluding carboxylic acids is 1. The summed E-state index contributed by atoms with van der Waals surface area (Å²) in [6, 6.07) is 0. The predicted octanol–water partition coefficient (Wildman–Crippen LogP) is -0.0346. The Kier molecular flexibility index (Phi) is 3.68. The lowest BCUT2D eigenvalue weighted by Gasteiger charge is -2.38. The molecule has 5 nitrogen and oxygen atoms in total. The van der Waals surface area contributed by atoms with Gasteiger partial charge in [0.25, 0.3) is 0 Å². The average molecular weight is 214 g/mol. The van der Waals surface area contributed by atoms with Crippen LogP contribution in [0.4, 0.5) is 0 Å². The van der Waals surface area contributed by atoms with Crippen LogP contribution in [0.1, 0.15) is 26.2 Å². The Labute approximate surface area is 89.2 Å². The van der Waals surface area contributed by atoms with Crippen molar-refractivity contribution in [2.24, 2.45) is 5.92 Å². The molecule has 15 heavy (non-hydrogen) atoms. The molecule has 0 spiro atoms. The summed E-state index contributed by atoms with van der Waals surface area (Å²) in [4.78, 5) is 22.6. The van der Waals surface area contributed by atoms with Crippen LogP contribution in [-0.4, -0.2) is 36.1 Å². The molecule has 86 valence electrons. The average Bonchev–Trinajstić information content (AvgIpc) is 2.10. The van der Waals surface area contributed by atoms with Crippen molar-refractivity contribution in [1.29, 1.82) is 0 Å². The summed E-state index contributed by atoms with van der Waals surface area (Å²) < 4.78 is 0. The molecule has 0 aromatic rings. The minimum Gasteiger partial charge on any atom is -0.480 e. The second-order valence-electron chi connectivity index (χ2n) is 4.19. The van der Waals surface area contributed by atoms with Gasteiger partial charge in [0.2, 0.25) is 5.91 Å². The van der Waals surface area contributed by atoms with Gasteiger partial charge >= 0.3 is 5.97 Å². The van der Waals surface area contributed by atoms with Crippen molar-refractivity contribution in [2.75, 3.05) is 13.6 Å². The van der Waals surface area contributed by atoms with Gasteiger partial charge in [0.15, 0.2) is 0 Å². The van der Waals surface area contributed by atoms with Crippen molar-refractivity contribution in [3.63, 3.8) is 0 Å². The molecule has 0 aromatic carbocycles. The highest BCUT2D eigenvalue weighted by Gasteiger charge is 2.46. The van der Waals surface area contributed by atoms with Gasteiger partial charge < -0.3 is 15.7 Å². The second-order valence-corrected chi connectivity index (χ2v) is 4.19. The van der Waals surface area contributed by atoms with Crippen LogP contribution in [0.15, 0.2) is 0 Å². The van der Waals surface area contributed by atoms with Gasteiger partial charge in [0.1, 0.15) is 5.54 Å². The van der Waals surface area contributed by atoms with Crippen molar-refractivity contribution in [3.05, 3.63) is 0 Å². The van der Waals surface area contributed by atoms with E-state index in [1.54, 1.807) is 14.0 Å². The molecule has 0 bridgehead atoms. The van der Waals surface area contributed by atoms with Crippen molar-refractivity contribution in [1.82, 2.24) is 10.6 Å². The standard InChI is InChI=1S/C10H18N2O3/c1-7(6-11-2)8(13)12-10(9(14)15)4-3-5-10/h7,11H,3-6H2,1-2H3,(H,12,13)(H,14,15). The molecule has 1 amide bonds. The van der Waals surface area contributed by atoms with E-state index in [9.17, 15) is 9.59 Å². The van der Waals surface area contributed by atoms with Crippen LogP contribution >= 0.6 is 0 Å². The van der Waals surface area contributed by atoms with Crippen LogP contribution in [-0.2, 0) is 9.59 Å². The SMILES string of the molecule is CNCC(C)C(=O)NC1(C(=O)O)CCC1. The van der Waals surface area contributed by atoms with E-state index >= 15 is 0 Å². The quantitative estimate of drug-likeness (QED) is 0.600. The van der Waals surface area contributed by atoms with Gasteiger partial charge in [-0.1, -0.05) is 6.92 Å². The highest BCUT2D eigenvalue weighted by Crippen LogP contribution is 2.32. The first-order chi connectivity index (χ1) is 7.02. The van der Waals surface area contributed by atoms with Crippen LogP contribution in [0, 0.1) is 5.92 Å². The Morgan fingerprint density at radius 2 is 2.07 bits per heavy atom. The molecule has 5 heteroatoms. The molecule has 1 saturated carbocycles. The maximum absolute atomic E-state index is 11.6. The molecule has 1 fully saturated rings. The number of carbonyl (C=O) groups is 2. The lowest BCUT2D eigenvalue weighted by molar-refractivity contribution is -0.152. The van der Waals surface area contributed by atoms with E-state index in [-0.39, 0.29) is 11.8 Å².